The molecule has 1 saturated carbocycles. The molecule has 0 aromatic rings. The molecule has 0 aromatic carbocycles. The van der Waals surface area contributed by atoms with Crippen LogP contribution in [0.2, 0.25) is 0 Å². The molecule has 1 aliphatic rings. The fraction of sp³-hybridized carbons (Fsp3) is 0.818. The first kappa shape index (κ1) is 13.8. The standard InChI is InChI=1S/C11H22N4O2/c1-15(2)11(17)13-6-5-12-8-10(16)14-7-9-3-4-9/h9,12H,3-8H2,1-2H3,(H,13,17)(H,14,16). The molecule has 6 heteroatoms. The number of urea groups is 1. The van der Waals surface area contributed by atoms with Gasteiger partial charge in [0.15, 0.2) is 0 Å². The normalized spacial score (nSPS) is 14.2. The van der Waals surface area contributed by atoms with Crippen molar-refractivity contribution in [3.05, 3.63) is 0 Å². The lowest BCUT2D eigenvalue weighted by Gasteiger charge is -2.12. The van der Waals surface area contributed by atoms with E-state index >= 15 is 0 Å². The van der Waals surface area contributed by atoms with Crippen LogP contribution in [0, 0.1) is 5.92 Å². The molecule has 3 amide bonds. The molecule has 1 rings (SSSR count). The smallest absolute Gasteiger partial charge is 0.316 e. The SMILES string of the molecule is CN(C)C(=O)NCCNCC(=O)NCC1CC1. The van der Waals surface area contributed by atoms with Gasteiger partial charge in [-0.2, -0.15) is 0 Å². The second-order valence-electron chi connectivity index (χ2n) is 4.55. The van der Waals surface area contributed by atoms with Crippen molar-refractivity contribution in [1.82, 2.24) is 20.9 Å². The average Bonchev–Trinajstić information content (AvgIpc) is 3.09. The largest absolute Gasteiger partial charge is 0.355 e. The van der Waals surface area contributed by atoms with E-state index in [2.05, 4.69) is 16.0 Å². The van der Waals surface area contributed by atoms with Gasteiger partial charge >= 0.3 is 6.03 Å². The number of hydrogen-bond acceptors (Lipinski definition) is 3. The topological polar surface area (TPSA) is 73.5 Å². The van der Waals surface area contributed by atoms with Crippen molar-refractivity contribution in [2.24, 2.45) is 5.92 Å². The summed E-state index contributed by atoms with van der Waals surface area (Å²) in [6.07, 6.45) is 2.48. The number of amides is 3. The van der Waals surface area contributed by atoms with Gasteiger partial charge in [-0.25, -0.2) is 4.79 Å². The third kappa shape index (κ3) is 6.78. The highest BCUT2D eigenvalue weighted by Gasteiger charge is 2.21. The molecule has 98 valence electrons. The summed E-state index contributed by atoms with van der Waals surface area (Å²) in [6.45, 7) is 2.23. The fourth-order valence-electron chi connectivity index (χ4n) is 1.26. The van der Waals surface area contributed by atoms with Crippen LogP contribution >= 0.6 is 0 Å². The third-order valence-electron chi connectivity index (χ3n) is 2.55. The van der Waals surface area contributed by atoms with Gasteiger partial charge in [0.1, 0.15) is 0 Å². The van der Waals surface area contributed by atoms with Crippen LogP contribution in [0.1, 0.15) is 12.8 Å². The summed E-state index contributed by atoms with van der Waals surface area (Å²) in [7, 11) is 3.38. The molecule has 0 atom stereocenters. The molecule has 1 aliphatic carbocycles. The van der Waals surface area contributed by atoms with Crippen LogP contribution in [0.4, 0.5) is 4.79 Å². The number of nitrogens with zero attached hydrogens (tertiary/aromatic N) is 1. The first-order valence-electron chi connectivity index (χ1n) is 6.02. The van der Waals surface area contributed by atoms with E-state index in [4.69, 9.17) is 0 Å². The Hall–Kier alpha value is -1.30. The molecule has 17 heavy (non-hydrogen) atoms. The lowest BCUT2D eigenvalue weighted by atomic mass is 10.4. The van der Waals surface area contributed by atoms with Gasteiger partial charge in [0, 0.05) is 33.7 Å². The summed E-state index contributed by atoms with van der Waals surface area (Å²) in [6, 6.07) is -0.120. The molecule has 0 aliphatic heterocycles. The highest BCUT2D eigenvalue weighted by molar-refractivity contribution is 5.78. The van der Waals surface area contributed by atoms with E-state index in [1.807, 2.05) is 0 Å². The average molecular weight is 242 g/mol. The van der Waals surface area contributed by atoms with Crippen LogP contribution in [-0.2, 0) is 4.79 Å². The van der Waals surface area contributed by atoms with Crippen LogP contribution in [0.3, 0.4) is 0 Å². The molecular weight excluding hydrogens is 220 g/mol. The maximum atomic E-state index is 11.3. The number of nitrogens with one attached hydrogen (secondary N) is 3. The second kappa shape index (κ2) is 7.11. The fourth-order valence-corrected chi connectivity index (χ4v) is 1.26. The first-order chi connectivity index (χ1) is 8.09. The Balaban J connectivity index is 1.88. The molecule has 3 N–H and O–H groups in total. The van der Waals surface area contributed by atoms with E-state index in [-0.39, 0.29) is 11.9 Å². The Morgan fingerprint density at radius 3 is 2.47 bits per heavy atom. The Kier molecular flexibility index (Phi) is 5.76. The van der Waals surface area contributed by atoms with Gasteiger partial charge < -0.3 is 20.9 Å². The van der Waals surface area contributed by atoms with E-state index in [0.717, 1.165) is 6.54 Å². The van der Waals surface area contributed by atoms with Gasteiger partial charge in [0.05, 0.1) is 6.54 Å². The number of carbonyl (C=O) groups excluding carboxylic acids is 2. The van der Waals surface area contributed by atoms with Crippen molar-refractivity contribution in [3.63, 3.8) is 0 Å². The molecule has 0 aromatic heterocycles. The van der Waals surface area contributed by atoms with Gasteiger partial charge in [-0.3, -0.25) is 4.79 Å². The molecular formula is C11H22N4O2. The Labute approximate surface area is 102 Å². The quantitative estimate of drug-likeness (QED) is 0.521. The molecule has 0 radical (unpaired) electrons. The predicted molar refractivity (Wildman–Crippen MR) is 65.7 cm³/mol. The second-order valence-corrected chi connectivity index (χ2v) is 4.55. The van der Waals surface area contributed by atoms with E-state index in [1.165, 1.54) is 17.7 Å². The Bertz CT molecular complexity index is 264. The minimum absolute atomic E-state index is 0.0239. The zero-order chi connectivity index (χ0) is 12.7. The van der Waals surface area contributed by atoms with Crippen LogP contribution < -0.4 is 16.0 Å². The zero-order valence-electron chi connectivity index (χ0n) is 10.6. The van der Waals surface area contributed by atoms with Crippen molar-refractivity contribution >= 4 is 11.9 Å². The van der Waals surface area contributed by atoms with E-state index in [0.29, 0.717) is 25.6 Å². The van der Waals surface area contributed by atoms with Crippen LogP contribution in [0.5, 0.6) is 0 Å². The van der Waals surface area contributed by atoms with Gasteiger partial charge in [0.2, 0.25) is 5.91 Å². The van der Waals surface area contributed by atoms with Gasteiger partial charge in [-0.15, -0.1) is 0 Å². The van der Waals surface area contributed by atoms with Gasteiger partial charge in [-0.05, 0) is 18.8 Å². The van der Waals surface area contributed by atoms with Crippen molar-refractivity contribution < 1.29 is 9.59 Å². The maximum absolute atomic E-state index is 11.3. The summed E-state index contributed by atoms with van der Waals surface area (Å²) in [5.41, 5.74) is 0. The molecule has 0 heterocycles. The highest BCUT2D eigenvalue weighted by atomic mass is 16.2. The molecule has 1 fully saturated rings. The number of carbonyl (C=O) groups is 2. The summed E-state index contributed by atoms with van der Waals surface area (Å²) < 4.78 is 0. The summed E-state index contributed by atoms with van der Waals surface area (Å²) >= 11 is 0. The van der Waals surface area contributed by atoms with Crippen LogP contribution in [0.25, 0.3) is 0 Å². The van der Waals surface area contributed by atoms with Gasteiger partial charge in [0.25, 0.3) is 0 Å². The predicted octanol–water partition coefficient (Wildman–Crippen LogP) is -0.627. The molecule has 0 unspecified atom stereocenters. The monoisotopic (exact) mass is 242 g/mol. The van der Waals surface area contributed by atoms with Crippen LogP contribution in [-0.4, -0.2) is 57.1 Å². The number of hydrogen-bond donors (Lipinski definition) is 3. The van der Waals surface area contributed by atoms with Gasteiger partial charge in [-0.1, -0.05) is 0 Å². The molecule has 0 spiro atoms. The third-order valence-corrected chi connectivity index (χ3v) is 2.55. The minimum atomic E-state index is -0.120. The Morgan fingerprint density at radius 2 is 1.88 bits per heavy atom. The number of rotatable bonds is 7. The van der Waals surface area contributed by atoms with E-state index in [1.54, 1.807) is 14.1 Å². The van der Waals surface area contributed by atoms with Crippen molar-refractivity contribution in [2.75, 3.05) is 40.3 Å². The van der Waals surface area contributed by atoms with Crippen molar-refractivity contribution in [1.29, 1.82) is 0 Å². The molecule has 0 saturated heterocycles. The van der Waals surface area contributed by atoms with E-state index < -0.39 is 0 Å². The summed E-state index contributed by atoms with van der Waals surface area (Å²) in [4.78, 5) is 23.9. The van der Waals surface area contributed by atoms with Crippen molar-refractivity contribution in [2.45, 2.75) is 12.8 Å². The van der Waals surface area contributed by atoms with E-state index in [9.17, 15) is 9.59 Å². The Morgan fingerprint density at radius 1 is 1.18 bits per heavy atom. The summed E-state index contributed by atoms with van der Waals surface area (Å²) in [5.74, 6) is 0.731. The highest BCUT2D eigenvalue weighted by Crippen LogP contribution is 2.27. The lowest BCUT2D eigenvalue weighted by Crippen LogP contribution is -2.41. The lowest BCUT2D eigenvalue weighted by molar-refractivity contribution is -0.120. The zero-order valence-corrected chi connectivity index (χ0v) is 10.6. The molecule has 6 nitrogen and oxygen atoms in total. The first-order valence-corrected chi connectivity index (χ1v) is 6.02. The van der Waals surface area contributed by atoms with Crippen molar-refractivity contribution in [3.8, 4) is 0 Å². The summed E-state index contributed by atoms with van der Waals surface area (Å²) in [5, 5.41) is 8.55. The minimum Gasteiger partial charge on any atom is -0.355 e. The molecule has 0 bridgehead atoms. The maximum Gasteiger partial charge on any atom is 0.316 e. The van der Waals surface area contributed by atoms with Crippen LogP contribution in [0.15, 0.2) is 0 Å².